The lowest BCUT2D eigenvalue weighted by Gasteiger charge is -2.04. The molecule has 2 aromatic carbocycles. The summed E-state index contributed by atoms with van der Waals surface area (Å²) in [5.41, 5.74) is 2.58. The number of nitrogens with zero attached hydrogens (tertiary/aromatic N) is 1. The molecule has 132 valence electrons. The van der Waals surface area contributed by atoms with Crippen LogP contribution in [0.4, 0.5) is 5.69 Å². The van der Waals surface area contributed by atoms with E-state index in [1.54, 1.807) is 55.8 Å². The van der Waals surface area contributed by atoms with Gasteiger partial charge in [-0.2, -0.15) is 0 Å². The largest absolute Gasteiger partial charge is 0.495 e. The number of aryl methyl sites for hydroxylation is 1. The Morgan fingerprint density at radius 3 is 2.65 bits per heavy atom. The van der Waals surface area contributed by atoms with Gasteiger partial charge in [0.25, 0.3) is 0 Å². The molecule has 0 aliphatic carbocycles. The fraction of sp³-hybridized carbons (Fsp3) is 0.100. The minimum absolute atomic E-state index is 0.246. The molecule has 0 atom stereocenters. The predicted molar refractivity (Wildman–Crippen MR) is 101 cm³/mol. The van der Waals surface area contributed by atoms with Crippen LogP contribution in [0.1, 0.15) is 21.7 Å². The first-order valence-corrected chi connectivity index (χ1v) is 8.17. The van der Waals surface area contributed by atoms with E-state index in [2.05, 4.69) is 4.99 Å². The van der Waals surface area contributed by atoms with E-state index in [-0.39, 0.29) is 5.56 Å². The number of benzene rings is 2. The third kappa shape index (κ3) is 3.78. The number of aromatic carboxylic acids is 1. The van der Waals surface area contributed by atoms with Gasteiger partial charge in [0.2, 0.25) is 0 Å². The van der Waals surface area contributed by atoms with Gasteiger partial charge in [0.1, 0.15) is 17.3 Å². The molecular weight excluding hydrogens is 354 g/mol. The quantitative estimate of drug-likeness (QED) is 0.614. The molecule has 0 bridgehead atoms. The van der Waals surface area contributed by atoms with Crippen LogP contribution in [-0.4, -0.2) is 24.4 Å². The number of methoxy groups -OCH3 is 1. The second-order valence-electron chi connectivity index (χ2n) is 5.61. The van der Waals surface area contributed by atoms with Gasteiger partial charge in [-0.3, -0.25) is 4.99 Å². The summed E-state index contributed by atoms with van der Waals surface area (Å²) in [6.45, 7) is 1.84. The van der Waals surface area contributed by atoms with Gasteiger partial charge in [0, 0.05) is 5.56 Å². The highest BCUT2D eigenvalue weighted by Crippen LogP contribution is 2.29. The molecule has 0 aliphatic heterocycles. The molecule has 0 amide bonds. The Labute approximate surface area is 155 Å². The molecular formula is C20H16ClNO4. The molecule has 0 aliphatic rings. The molecule has 0 saturated carbocycles. The summed E-state index contributed by atoms with van der Waals surface area (Å²) in [5.74, 6) is 0.860. The van der Waals surface area contributed by atoms with Crippen molar-refractivity contribution in [3.63, 3.8) is 0 Å². The van der Waals surface area contributed by atoms with Crippen LogP contribution in [0.15, 0.2) is 57.9 Å². The van der Waals surface area contributed by atoms with Crippen LogP contribution in [0.5, 0.6) is 5.75 Å². The van der Waals surface area contributed by atoms with Gasteiger partial charge < -0.3 is 14.3 Å². The van der Waals surface area contributed by atoms with Gasteiger partial charge in [-0.05, 0) is 55.0 Å². The van der Waals surface area contributed by atoms with E-state index in [1.807, 2.05) is 13.0 Å². The summed E-state index contributed by atoms with van der Waals surface area (Å²) in [4.78, 5) is 15.4. The van der Waals surface area contributed by atoms with Crippen molar-refractivity contribution in [3.8, 4) is 17.1 Å². The normalized spacial score (nSPS) is 11.0. The van der Waals surface area contributed by atoms with Gasteiger partial charge in [-0.15, -0.1) is 0 Å². The minimum Gasteiger partial charge on any atom is -0.495 e. The maximum absolute atomic E-state index is 11.0. The van der Waals surface area contributed by atoms with E-state index in [1.165, 1.54) is 0 Å². The molecule has 3 aromatic rings. The standard InChI is InChI=1S/C20H16ClNO4/c1-12-9-13(20(23)24)3-6-16(12)18-8-5-15(26-18)11-22-14-4-7-19(25-2)17(21)10-14/h3-11H,1-2H3,(H,23,24). The van der Waals surface area contributed by atoms with Crippen LogP contribution >= 0.6 is 11.6 Å². The number of hydrogen-bond acceptors (Lipinski definition) is 4. The number of halogens is 1. The van der Waals surface area contributed by atoms with Crippen molar-refractivity contribution in [2.45, 2.75) is 6.92 Å². The molecule has 0 unspecified atom stereocenters. The smallest absolute Gasteiger partial charge is 0.335 e. The van der Waals surface area contributed by atoms with E-state index in [0.717, 1.165) is 11.1 Å². The molecule has 1 aromatic heterocycles. The lowest BCUT2D eigenvalue weighted by atomic mass is 10.0. The third-order valence-electron chi connectivity index (χ3n) is 3.84. The highest BCUT2D eigenvalue weighted by Gasteiger charge is 2.10. The maximum atomic E-state index is 11.0. The Morgan fingerprint density at radius 1 is 1.19 bits per heavy atom. The Morgan fingerprint density at radius 2 is 2.00 bits per heavy atom. The van der Waals surface area contributed by atoms with Gasteiger partial charge in [0.05, 0.1) is 29.6 Å². The lowest BCUT2D eigenvalue weighted by molar-refractivity contribution is 0.0697. The monoisotopic (exact) mass is 369 g/mol. The zero-order chi connectivity index (χ0) is 18.7. The SMILES string of the molecule is COc1ccc(N=Cc2ccc(-c3ccc(C(=O)O)cc3C)o2)cc1Cl. The lowest BCUT2D eigenvalue weighted by Crippen LogP contribution is -1.96. The number of ether oxygens (including phenoxy) is 1. The van der Waals surface area contributed by atoms with Gasteiger partial charge in [-0.25, -0.2) is 4.79 Å². The summed E-state index contributed by atoms with van der Waals surface area (Å²) in [7, 11) is 1.56. The summed E-state index contributed by atoms with van der Waals surface area (Å²) >= 11 is 6.08. The van der Waals surface area contributed by atoms with E-state index in [4.69, 9.17) is 25.9 Å². The van der Waals surface area contributed by atoms with Crippen molar-refractivity contribution in [2.75, 3.05) is 7.11 Å². The van der Waals surface area contributed by atoms with Crippen LogP contribution in [0.3, 0.4) is 0 Å². The van der Waals surface area contributed by atoms with Crippen molar-refractivity contribution in [1.29, 1.82) is 0 Å². The van der Waals surface area contributed by atoms with E-state index in [9.17, 15) is 4.79 Å². The topological polar surface area (TPSA) is 72.0 Å². The number of aliphatic imine (C=N–C) groups is 1. The average molecular weight is 370 g/mol. The second-order valence-corrected chi connectivity index (χ2v) is 6.02. The van der Waals surface area contributed by atoms with E-state index < -0.39 is 5.97 Å². The van der Waals surface area contributed by atoms with Crippen molar-refractivity contribution >= 4 is 29.5 Å². The first kappa shape index (κ1) is 17.8. The number of rotatable bonds is 5. The van der Waals surface area contributed by atoms with Crippen molar-refractivity contribution in [1.82, 2.24) is 0 Å². The fourth-order valence-electron chi connectivity index (χ4n) is 2.51. The fourth-order valence-corrected chi connectivity index (χ4v) is 2.77. The molecule has 3 rings (SSSR count). The van der Waals surface area contributed by atoms with Gasteiger partial charge in [0.15, 0.2) is 0 Å². The molecule has 0 fully saturated rings. The predicted octanol–water partition coefficient (Wildman–Crippen LogP) is 5.37. The summed E-state index contributed by atoms with van der Waals surface area (Å²) in [6.07, 6.45) is 1.60. The number of furan rings is 1. The minimum atomic E-state index is -0.954. The number of carboxylic acid groups (broad SMARTS) is 1. The molecule has 0 radical (unpaired) electrons. The molecule has 26 heavy (non-hydrogen) atoms. The molecule has 1 heterocycles. The third-order valence-corrected chi connectivity index (χ3v) is 4.14. The van der Waals surface area contributed by atoms with Crippen LogP contribution in [0, 0.1) is 6.92 Å². The molecule has 5 nitrogen and oxygen atoms in total. The van der Waals surface area contributed by atoms with Crippen LogP contribution in [0.2, 0.25) is 5.02 Å². The Balaban J connectivity index is 1.82. The Hall–Kier alpha value is -3.05. The summed E-state index contributed by atoms with van der Waals surface area (Å²) in [5, 5.41) is 9.53. The van der Waals surface area contributed by atoms with Crippen molar-refractivity contribution in [2.24, 2.45) is 4.99 Å². The molecule has 0 spiro atoms. The van der Waals surface area contributed by atoms with Gasteiger partial charge >= 0.3 is 5.97 Å². The summed E-state index contributed by atoms with van der Waals surface area (Å²) in [6, 6.07) is 13.8. The maximum Gasteiger partial charge on any atom is 0.335 e. The number of hydrogen-bond donors (Lipinski definition) is 1. The second kappa shape index (κ2) is 7.45. The zero-order valence-electron chi connectivity index (χ0n) is 14.2. The van der Waals surface area contributed by atoms with Gasteiger partial charge in [-0.1, -0.05) is 17.7 Å². The average Bonchev–Trinajstić information content (AvgIpc) is 3.08. The highest BCUT2D eigenvalue weighted by atomic mass is 35.5. The zero-order valence-corrected chi connectivity index (χ0v) is 14.9. The Kier molecular flexibility index (Phi) is 5.09. The number of carbonyl (C=O) groups is 1. The van der Waals surface area contributed by atoms with Crippen molar-refractivity contribution in [3.05, 3.63) is 70.4 Å². The first-order valence-electron chi connectivity index (χ1n) is 7.79. The van der Waals surface area contributed by atoms with Crippen molar-refractivity contribution < 1.29 is 19.1 Å². The molecule has 1 N–H and O–H groups in total. The summed E-state index contributed by atoms with van der Waals surface area (Å²) < 4.78 is 10.9. The number of carboxylic acids is 1. The van der Waals surface area contributed by atoms with E-state index in [0.29, 0.717) is 28.0 Å². The molecule has 0 saturated heterocycles. The van der Waals surface area contributed by atoms with E-state index >= 15 is 0 Å². The van der Waals surface area contributed by atoms with Crippen LogP contribution in [0.25, 0.3) is 11.3 Å². The first-order chi connectivity index (χ1) is 12.5. The molecule has 6 heteroatoms. The van der Waals surface area contributed by atoms with Crippen LogP contribution < -0.4 is 4.74 Å². The van der Waals surface area contributed by atoms with Crippen LogP contribution in [-0.2, 0) is 0 Å². The highest BCUT2D eigenvalue weighted by molar-refractivity contribution is 6.32. The Bertz CT molecular complexity index is 991.